The summed E-state index contributed by atoms with van der Waals surface area (Å²) in [4.78, 5) is 18.2. The molecule has 1 N–H and O–H groups in total. The Morgan fingerprint density at radius 1 is 1.21 bits per heavy atom. The molecule has 0 saturated carbocycles. The van der Waals surface area contributed by atoms with Gasteiger partial charge in [0, 0.05) is 4.88 Å². The summed E-state index contributed by atoms with van der Waals surface area (Å²) in [6, 6.07) is 8.61. The van der Waals surface area contributed by atoms with Gasteiger partial charge in [-0.2, -0.15) is 23.3 Å². The van der Waals surface area contributed by atoms with Crippen molar-refractivity contribution in [1.82, 2.24) is 14.8 Å². The van der Waals surface area contributed by atoms with Gasteiger partial charge in [0.05, 0.1) is 17.6 Å². The number of nitrogens with one attached hydrogen (secondary N) is 1. The number of benzene rings is 1. The van der Waals surface area contributed by atoms with Gasteiger partial charge >= 0.3 is 6.18 Å². The Balaban J connectivity index is 1.94. The van der Waals surface area contributed by atoms with E-state index in [1.165, 1.54) is 17.9 Å². The molecular formula is C19H15F3N4O2S. The summed E-state index contributed by atoms with van der Waals surface area (Å²) < 4.78 is 48.2. The molecule has 0 aliphatic carbocycles. The molecule has 0 radical (unpaired) electrons. The zero-order valence-corrected chi connectivity index (χ0v) is 16.1. The van der Waals surface area contributed by atoms with Crippen LogP contribution < -0.4 is 10.1 Å². The number of ether oxygens (including phenoxy) is 1. The number of Topliss-reactive ketones (excluding diaryl/α,β-unsaturated/α-hetero) is 1. The van der Waals surface area contributed by atoms with Gasteiger partial charge in [0.15, 0.2) is 0 Å². The Kier molecular flexibility index (Phi) is 4.65. The molecule has 0 fully saturated rings. The Morgan fingerprint density at radius 3 is 2.52 bits per heavy atom. The van der Waals surface area contributed by atoms with Gasteiger partial charge in [-0.25, -0.2) is 4.68 Å². The zero-order chi connectivity index (χ0) is 20.8. The molecule has 29 heavy (non-hydrogen) atoms. The first kappa shape index (κ1) is 19.2. The number of thiophene rings is 1. The highest BCUT2D eigenvalue weighted by Gasteiger charge is 2.46. The SMILES string of the molecule is COc1ccc([C@H]2C(C(=O)c3ccc(C)s3)=C(C(F)(F)F)Nc3ncnn32)cc1. The van der Waals surface area contributed by atoms with Crippen LogP contribution >= 0.6 is 11.3 Å². The smallest absolute Gasteiger partial charge is 0.431 e. The van der Waals surface area contributed by atoms with Crippen LogP contribution in [0.15, 0.2) is 54.0 Å². The van der Waals surface area contributed by atoms with E-state index in [1.54, 1.807) is 37.3 Å². The number of rotatable bonds is 4. The maximum Gasteiger partial charge on any atom is 0.431 e. The third-order valence-electron chi connectivity index (χ3n) is 4.52. The number of hydrogen-bond donors (Lipinski definition) is 1. The zero-order valence-electron chi connectivity index (χ0n) is 15.3. The number of aromatic nitrogens is 3. The number of halogens is 3. The van der Waals surface area contributed by atoms with Crippen LogP contribution in [-0.2, 0) is 0 Å². The molecule has 0 unspecified atom stereocenters. The molecule has 0 saturated heterocycles. The number of ketones is 1. The van der Waals surface area contributed by atoms with Crippen LogP contribution in [0.2, 0.25) is 0 Å². The number of carbonyl (C=O) groups is 1. The molecule has 0 amide bonds. The van der Waals surface area contributed by atoms with E-state index in [9.17, 15) is 18.0 Å². The van der Waals surface area contributed by atoms with Crippen molar-refractivity contribution in [2.45, 2.75) is 19.1 Å². The lowest BCUT2D eigenvalue weighted by Gasteiger charge is -2.30. The maximum absolute atomic E-state index is 13.9. The lowest BCUT2D eigenvalue weighted by atomic mass is 9.91. The lowest BCUT2D eigenvalue weighted by molar-refractivity contribution is -0.0918. The van der Waals surface area contributed by atoms with Crippen molar-refractivity contribution >= 4 is 23.1 Å². The minimum atomic E-state index is -4.78. The minimum Gasteiger partial charge on any atom is -0.497 e. The van der Waals surface area contributed by atoms with E-state index in [4.69, 9.17) is 4.74 Å². The quantitative estimate of drug-likeness (QED) is 0.635. The molecule has 1 aliphatic heterocycles. The van der Waals surface area contributed by atoms with Crippen molar-refractivity contribution in [3.63, 3.8) is 0 Å². The van der Waals surface area contributed by atoms with E-state index in [0.717, 1.165) is 22.5 Å². The van der Waals surface area contributed by atoms with E-state index in [1.807, 2.05) is 0 Å². The standard InChI is InChI=1S/C19H15F3N4O2S/c1-10-3-8-13(29-10)16(27)14-15(11-4-6-12(28-2)7-5-11)26-18(23-9-24-26)25-17(14)19(20,21)22/h3-9,15H,1-2H3,(H,23,24,25)/t15-/m0/s1. The fourth-order valence-electron chi connectivity index (χ4n) is 3.21. The first-order chi connectivity index (χ1) is 13.8. The second-order valence-corrected chi connectivity index (χ2v) is 7.64. The topological polar surface area (TPSA) is 69.0 Å². The number of methoxy groups -OCH3 is 1. The predicted molar refractivity (Wildman–Crippen MR) is 101 cm³/mol. The van der Waals surface area contributed by atoms with E-state index < -0.39 is 29.3 Å². The van der Waals surface area contributed by atoms with Crippen LogP contribution in [0.4, 0.5) is 19.1 Å². The molecule has 6 nitrogen and oxygen atoms in total. The fourth-order valence-corrected chi connectivity index (χ4v) is 4.03. The highest BCUT2D eigenvalue weighted by Crippen LogP contribution is 2.42. The van der Waals surface area contributed by atoms with E-state index in [0.29, 0.717) is 11.3 Å². The molecule has 0 spiro atoms. The first-order valence-corrected chi connectivity index (χ1v) is 9.34. The highest BCUT2D eigenvalue weighted by molar-refractivity contribution is 7.14. The number of allylic oxidation sites excluding steroid dienone is 2. The molecule has 150 valence electrons. The molecule has 1 atom stereocenters. The third kappa shape index (κ3) is 3.39. The maximum atomic E-state index is 13.9. The second kappa shape index (κ2) is 7.03. The van der Waals surface area contributed by atoms with Gasteiger partial charge < -0.3 is 10.1 Å². The van der Waals surface area contributed by atoms with E-state index in [-0.39, 0.29) is 10.8 Å². The molecule has 1 aliphatic rings. The van der Waals surface area contributed by atoms with Gasteiger partial charge in [-0.15, -0.1) is 11.3 Å². The van der Waals surface area contributed by atoms with Crippen molar-refractivity contribution in [3.8, 4) is 5.75 Å². The summed E-state index contributed by atoms with van der Waals surface area (Å²) >= 11 is 1.14. The molecule has 3 aromatic rings. The van der Waals surface area contributed by atoms with Crippen molar-refractivity contribution in [1.29, 1.82) is 0 Å². The molecule has 1 aromatic carbocycles. The van der Waals surface area contributed by atoms with Gasteiger partial charge in [-0.1, -0.05) is 12.1 Å². The summed E-state index contributed by atoms with van der Waals surface area (Å²) in [7, 11) is 1.49. The summed E-state index contributed by atoms with van der Waals surface area (Å²) in [5, 5.41) is 6.32. The molecule has 4 rings (SSSR count). The largest absolute Gasteiger partial charge is 0.497 e. The summed E-state index contributed by atoms with van der Waals surface area (Å²) in [6.07, 6.45) is -3.63. The molecule has 3 heterocycles. The predicted octanol–water partition coefficient (Wildman–Crippen LogP) is 4.37. The van der Waals surface area contributed by atoms with E-state index in [2.05, 4.69) is 15.4 Å². The monoisotopic (exact) mass is 420 g/mol. The number of alkyl halides is 3. The van der Waals surface area contributed by atoms with Crippen molar-refractivity contribution < 1.29 is 22.7 Å². The van der Waals surface area contributed by atoms with E-state index >= 15 is 0 Å². The summed E-state index contributed by atoms with van der Waals surface area (Å²) in [6.45, 7) is 1.79. The average Bonchev–Trinajstić information content (AvgIpc) is 3.34. The third-order valence-corrected chi connectivity index (χ3v) is 5.52. The Labute approximate surface area is 167 Å². The van der Waals surface area contributed by atoms with Gasteiger partial charge in [0.2, 0.25) is 11.7 Å². The fraction of sp³-hybridized carbons (Fsp3) is 0.211. The summed E-state index contributed by atoms with van der Waals surface area (Å²) in [5.41, 5.74) is -1.10. The van der Waals surface area contributed by atoms with Crippen LogP contribution in [0.1, 0.15) is 26.2 Å². The normalized spacial score (nSPS) is 16.4. The van der Waals surface area contributed by atoms with Crippen LogP contribution in [-0.4, -0.2) is 33.8 Å². The van der Waals surface area contributed by atoms with Crippen LogP contribution in [0.25, 0.3) is 0 Å². The lowest BCUT2D eigenvalue weighted by Crippen LogP contribution is -2.35. The number of fused-ring (bicyclic) bond motifs is 1. The Hall–Kier alpha value is -3.14. The molecule has 0 bridgehead atoms. The average molecular weight is 420 g/mol. The summed E-state index contributed by atoms with van der Waals surface area (Å²) in [5.74, 6) is -0.245. The molecular weight excluding hydrogens is 405 g/mol. The van der Waals surface area contributed by atoms with Gasteiger partial charge in [-0.05, 0) is 36.8 Å². The number of hydrogen-bond acceptors (Lipinski definition) is 6. The Morgan fingerprint density at radius 2 is 1.93 bits per heavy atom. The van der Waals surface area contributed by atoms with Crippen molar-refractivity contribution in [2.24, 2.45) is 0 Å². The minimum absolute atomic E-state index is 0.0861. The van der Waals surface area contributed by atoms with Crippen LogP contribution in [0.3, 0.4) is 0 Å². The van der Waals surface area contributed by atoms with Crippen LogP contribution in [0.5, 0.6) is 5.75 Å². The van der Waals surface area contributed by atoms with Crippen molar-refractivity contribution in [2.75, 3.05) is 12.4 Å². The van der Waals surface area contributed by atoms with Gasteiger partial charge in [-0.3, -0.25) is 4.79 Å². The first-order valence-electron chi connectivity index (χ1n) is 8.52. The second-order valence-electron chi connectivity index (χ2n) is 6.35. The highest BCUT2D eigenvalue weighted by atomic mass is 32.1. The number of carbonyl (C=O) groups excluding carboxylic acids is 1. The number of aryl methyl sites for hydroxylation is 1. The van der Waals surface area contributed by atoms with Crippen molar-refractivity contribution in [3.05, 3.63) is 69.3 Å². The Bertz CT molecular complexity index is 1100. The number of nitrogens with zero attached hydrogens (tertiary/aromatic N) is 3. The molecule has 10 heteroatoms. The molecule has 2 aromatic heterocycles. The van der Waals surface area contributed by atoms with Gasteiger partial charge in [0.25, 0.3) is 0 Å². The van der Waals surface area contributed by atoms with Crippen LogP contribution in [0, 0.1) is 6.92 Å². The number of anilines is 1. The van der Waals surface area contributed by atoms with Gasteiger partial charge in [0.1, 0.15) is 23.8 Å².